The molecule has 20 heavy (non-hydrogen) atoms. The standard InChI is InChI=1S/C15H19Cl2N3/c1-8(2)15-19-13(14(18)20(15)9(3)4)10-5-6-11(16)12(17)7-10/h5-9H,18H2,1-4H3. The van der Waals surface area contributed by atoms with E-state index in [4.69, 9.17) is 33.9 Å². The van der Waals surface area contributed by atoms with Crippen molar-refractivity contribution in [3.8, 4) is 11.3 Å². The van der Waals surface area contributed by atoms with Crippen LogP contribution in [0.4, 0.5) is 5.82 Å². The highest BCUT2D eigenvalue weighted by atomic mass is 35.5. The number of nitrogen functional groups attached to an aromatic ring is 1. The van der Waals surface area contributed by atoms with E-state index in [9.17, 15) is 0 Å². The Hall–Kier alpha value is -1.19. The summed E-state index contributed by atoms with van der Waals surface area (Å²) in [5, 5.41) is 1.04. The first-order valence-corrected chi connectivity index (χ1v) is 7.41. The predicted octanol–water partition coefficient (Wildman–Crippen LogP) is 5.14. The van der Waals surface area contributed by atoms with Crippen molar-refractivity contribution in [3.63, 3.8) is 0 Å². The van der Waals surface area contributed by atoms with Gasteiger partial charge in [-0.05, 0) is 26.0 Å². The molecule has 0 aliphatic heterocycles. The van der Waals surface area contributed by atoms with Gasteiger partial charge >= 0.3 is 0 Å². The summed E-state index contributed by atoms with van der Waals surface area (Å²) < 4.78 is 2.07. The van der Waals surface area contributed by atoms with Crippen molar-refractivity contribution in [2.45, 2.75) is 39.7 Å². The van der Waals surface area contributed by atoms with Crippen molar-refractivity contribution >= 4 is 29.0 Å². The Morgan fingerprint density at radius 1 is 1.10 bits per heavy atom. The Morgan fingerprint density at radius 3 is 2.20 bits per heavy atom. The van der Waals surface area contributed by atoms with E-state index in [1.54, 1.807) is 12.1 Å². The summed E-state index contributed by atoms with van der Waals surface area (Å²) in [6.07, 6.45) is 0. The van der Waals surface area contributed by atoms with E-state index in [0.29, 0.717) is 21.8 Å². The summed E-state index contributed by atoms with van der Waals surface area (Å²) in [5.41, 5.74) is 7.94. The molecule has 0 bridgehead atoms. The lowest BCUT2D eigenvalue weighted by molar-refractivity contribution is 0.556. The molecule has 0 atom stereocenters. The molecule has 0 unspecified atom stereocenters. The van der Waals surface area contributed by atoms with Gasteiger partial charge in [-0.25, -0.2) is 4.98 Å². The molecule has 1 aromatic heterocycles. The van der Waals surface area contributed by atoms with Crippen LogP contribution in [-0.2, 0) is 0 Å². The highest BCUT2D eigenvalue weighted by Crippen LogP contribution is 2.34. The van der Waals surface area contributed by atoms with Crippen molar-refractivity contribution in [2.24, 2.45) is 0 Å². The summed E-state index contributed by atoms with van der Waals surface area (Å²) >= 11 is 12.0. The van der Waals surface area contributed by atoms with Crippen molar-refractivity contribution in [3.05, 3.63) is 34.1 Å². The molecule has 0 spiro atoms. The van der Waals surface area contributed by atoms with Crippen molar-refractivity contribution in [1.29, 1.82) is 0 Å². The third-order valence-corrected chi connectivity index (χ3v) is 3.94. The first kappa shape index (κ1) is 15.2. The molecule has 0 aliphatic carbocycles. The van der Waals surface area contributed by atoms with Gasteiger partial charge in [-0.1, -0.05) is 43.1 Å². The zero-order chi connectivity index (χ0) is 15.0. The minimum absolute atomic E-state index is 0.261. The average Bonchev–Trinajstić information content (AvgIpc) is 2.71. The van der Waals surface area contributed by atoms with Crippen LogP contribution in [0.1, 0.15) is 45.5 Å². The molecule has 1 heterocycles. The fourth-order valence-electron chi connectivity index (χ4n) is 2.27. The molecular formula is C15H19Cl2N3. The highest BCUT2D eigenvalue weighted by molar-refractivity contribution is 6.42. The third kappa shape index (κ3) is 2.65. The SMILES string of the molecule is CC(C)c1nc(-c2ccc(Cl)c(Cl)c2)c(N)n1C(C)C. The van der Waals surface area contributed by atoms with Crippen molar-refractivity contribution in [1.82, 2.24) is 9.55 Å². The largest absolute Gasteiger partial charge is 0.383 e. The van der Waals surface area contributed by atoms with Crippen LogP contribution in [0.5, 0.6) is 0 Å². The minimum atomic E-state index is 0.261. The number of nitrogens with two attached hydrogens (primary N) is 1. The second-order valence-electron chi connectivity index (χ2n) is 5.45. The smallest absolute Gasteiger partial charge is 0.131 e. The van der Waals surface area contributed by atoms with E-state index >= 15 is 0 Å². The molecule has 0 aliphatic rings. The van der Waals surface area contributed by atoms with Crippen LogP contribution < -0.4 is 5.73 Å². The number of aromatic nitrogens is 2. The molecule has 0 amide bonds. The van der Waals surface area contributed by atoms with Crippen LogP contribution in [-0.4, -0.2) is 9.55 Å². The van der Waals surface area contributed by atoms with E-state index in [1.807, 2.05) is 6.07 Å². The lowest BCUT2D eigenvalue weighted by atomic mass is 10.1. The van der Waals surface area contributed by atoms with Crippen molar-refractivity contribution in [2.75, 3.05) is 5.73 Å². The Labute approximate surface area is 129 Å². The summed E-state index contributed by atoms with van der Waals surface area (Å²) in [6, 6.07) is 5.72. The first-order valence-electron chi connectivity index (χ1n) is 6.66. The van der Waals surface area contributed by atoms with Gasteiger partial charge in [-0.2, -0.15) is 0 Å². The number of benzene rings is 1. The molecule has 0 radical (unpaired) electrons. The van der Waals surface area contributed by atoms with Gasteiger partial charge in [0.05, 0.1) is 10.0 Å². The minimum Gasteiger partial charge on any atom is -0.383 e. The van der Waals surface area contributed by atoms with Gasteiger partial charge in [0.25, 0.3) is 0 Å². The zero-order valence-corrected chi connectivity index (χ0v) is 13.6. The molecule has 1 aromatic carbocycles. The van der Waals surface area contributed by atoms with Crippen LogP contribution in [0, 0.1) is 0 Å². The van der Waals surface area contributed by atoms with Gasteiger partial charge in [0, 0.05) is 17.5 Å². The molecule has 3 nitrogen and oxygen atoms in total. The van der Waals surface area contributed by atoms with E-state index in [0.717, 1.165) is 17.1 Å². The third-order valence-electron chi connectivity index (χ3n) is 3.20. The fraction of sp³-hybridized carbons (Fsp3) is 0.400. The Balaban J connectivity index is 2.63. The van der Waals surface area contributed by atoms with Gasteiger partial charge in [-0.3, -0.25) is 0 Å². The quantitative estimate of drug-likeness (QED) is 0.852. The Bertz CT molecular complexity index is 630. The molecule has 0 fully saturated rings. The second-order valence-corrected chi connectivity index (χ2v) is 6.27. The van der Waals surface area contributed by atoms with Gasteiger partial charge in [0.1, 0.15) is 17.3 Å². The fourth-order valence-corrected chi connectivity index (χ4v) is 2.57. The number of hydrogen-bond donors (Lipinski definition) is 1. The summed E-state index contributed by atoms with van der Waals surface area (Å²) in [5.74, 6) is 1.96. The Kier molecular flexibility index (Phi) is 4.31. The van der Waals surface area contributed by atoms with Crippen LogP contribution in [0.15, 0.2) is 18.2 Å². The zero-order valence-electron chi connectivity index (χ0n) is 12.1. The van der Waals surface area contributed by atoms with Gasteiger partial charge in [-0.15, -0.1) is 0 Å². The normalized spacial score (nSPS) is 11.6. The maximum absolute atomic E-state index is 6.29. The molecule has 2 aromatic rings. The van der Waals surface area contributed by atoms with Crippen LogP contribution >= 0.6 is 23.2 Å². The molecule has 2 N–H and O–H groups in total. The molecule has 2 rings (SSSR count). The van der Waals surface area contributed by atoms with E-state index in [-0.39, 0.29) is 6.04 Å². The lowest BCUT2D eigenvalue weighted by Crippen LogP contribution is -2.10. The van der Waals surface area contributed by atoms with Crippen LogP contribution in [0.25, 0.3) is 11.3 Å². The van der Waals surface area contributed by atoms with Crippen LogP contribution in [0.2, 0.25) is 10.0 Å². The molecular weight excluding hydrogens is 293 g/mol. The maximum Gasteiger partial charge on any atom is 0.131 e. The predicted molar refractivity (Wildman–Crippen MR) is 86.6 cm³/mol. The number of halogens is 2. The summed E-state index contributed by atoms with van der Waals surface area (Å²) in [4.78, 5) is 4.71. The number of imidazole rings is 1. The molecule has 5 heteroatoms. The van der Waals surface area contributed by atoms with Crippen LogP contribution in [0.3, 0.4) is 0 Å². The van der Waals surface area contributed by atoms with Gasteiger partial charge in [0.15, 0.2) is 0 Å². The number of rotatable bonds is 3. The summed E-state index contributed by atoms with van der Waals surface area (Å²) in [7, 11) is 0. The van der Waals surface area contributed by atoms with Crippen molar-refractivity contribution < 1.29 is 0 Å². The second kappa shape index (κ2) is 5.66. The maximum atomic E-state index is 6.29. The molecule has 108 valence electrons. The first-order chi connectivity index (χ1) is 9.32. The highest BCUT2D eigenvalue weighted by Gasteiger charge is 2.20. The average molecular weight is 312 g/mol. The van der Waals surface area contributed by atoms with E-state index in [1.165, 1.54) is 0 Å². The lowest BCUT2D eigenvalue weighted by Gasteiger charge is -2.15. The van der Waals surface area contributed by atoms with Gasteiger partial charge < -0.3 is 10.3 Å². The Morgan fingerprint density at radius 2 is 1.75 bits per heavy atom. The van der Waals surface area contributed by atoms with E-state index < -0.39 is 0 Å². The molecule has 0 saturated heterocycles. The number of nitrogens with zero attached hydrogens (tertiary/aromatic N) is 2. The topological polar surface area (TPSA) is 43.8 Å². The number of anilines is 1. The molecule has 0 saturated carbocycles. The van der Waals surface area contributed by atoms with E-state index in [2.05, 4.69) is 32.3 Å². The number of hydrogen-bond acceptors (Lipinski definition) is 2. The monoisotopic (exact) mass is 311 g/mol. The summed E-state index contributed by atoms with van der Waals surface area (Å²) in [6.45, 7) is 8.42. The van der Waals surface area contributed by atoms with Gasteiger partial charge in [0.2, 0.25) is 0 Å².